The fourth-order valence-electron chi connectivity index (χ4n) is 3.46. The average Bonchev–Trinajstić information content (AvgIpc) is 2.87. The maximum atomic E-state index is 14.4. The van der Waals surface area contributed by atoms with Crippen molar-refractivity contribution in [1.82, 2.24) is 5.16 Å². The lowest BCUT2D eigenvalue weighted by molar-refractivity contribution is -0.116. The van der Waals surface area contributed by atoms with E-state index in [9.17, 15) is 13.6 Å². The fraction of sp³-hybridized carbons (Fsp3) is 0.294. The normalized spacial score (nSPS) is 20.1. The summed E-state index contributed by atoms with van der Waals surface area (Å²) in [5.41, 5.74) is 2.79. The Morgan fingerprint density at radius 2 is 2.13 bits per heavy atom. The monoisotopic (exact) mass is 316 g/mol. The van der Waals surface area contributed by atoms with Gasteiger partial charge in [-0.3, -0.25) is 4.79 Å². The van der Waals surface area contributed by atoms with Crippen LogP contribution in [0.4, 0.5) is 14.7 Å². The molecule has 1 atom stereocenters. The van der Waals surface area contributed by atoms with Crippen molar-refractivity contribution in [1.29, 1.82) is 0 Å². The van der Waals surface area contributed by atoms with Crippen molar-refractivity contribution in [3.63, 3.8) is 0 Å². The van der Waals surface area contributed by atoms with Crippen molar-refractivity contribution in [2.45, 2.75) is 32.1 Å². The van der Waals surface area contributed by atoms with Crippen LogP contribution < -0.4 is 5.32 Å². The topological polar surface area (TPSA) is 55.1 Å². The van der Waals surface area contributed by atoms with Crippen molar-refractivity contribution in [2.75, 3.05) is 5.32 Å². The number of hydrogen-bond donors (Lipinski definition) is 1. The van der Waals surface area contributed by atoms with E-state index in [1.807, 2.05) is 0 Å². The minimum absolute atomic E-state index is 0.0151. The number of carbonyl (C=O) groups is 1. The smallest absolute Gasteiger partial charge is 0.233 e. The molecule has 0 saturated heterocycles. The molecule has 2 aliphatic rings. The number of nitrogens with zero attached hydrogens (tertiary/aromatic N) is 1. The fourth-order valence-corrected chi connectivity index (χ4v) is 3.46. The molecule has 118 valence electrons. The molecule has 0 radical (unpaired) electrons. The molecule has 0 fully saturated rings. The van der Waals surface area contributed by atoms with Crippen LogP contribution in [0.5, 0.6) is 0 Å². The highest BCUT2D eigenvalue weighted by atomic mass is 19.1. The molecule has 1 N–H and O–H groups in total. The van der Waals surface area contributed by atoms with Crippen molar-refractivity contribution in [3.05, 3.63) is 57.9 Å². The first-order chi connectivity index (χ1) is 11.1. The van der Waals surface area contributed by atoms with Gasteiger partial charge in [-0.1, -0.05) is 11.2 Å². The Bertz CT molecular complexity index is 854. The molecule has 1 unspecified atom stereocenters. The number of carbonyl (C=O) groups excluding carboxylic acids is 1. The second-order valence-corrected chi connectivity index (χ2v) is 5.90. The van der Waals surface area contributed by atoms with Gasteiger partial charge in [0.1, 0.15) is 11.6 Å². The molecule has 4 nitrogen and oxygen atoms in total. The van der Waals surface area contributed by atoms with E-state index in [2.05, 4.69) is 10.5 Å². The summed E-state index contributed by atoms with van der Waals surface area (Å²) in [6.45, 7) is 1.75. The third-order valence-corrected chi connectivity index (χ3v) is 4.48. The Hall–Kier alpha value is -2.50. The van der Waals surface area contributed by atoms with Crippen LogP contribution in [0.15, 0.2) is 34.0 Å². The van der Waals surface area contributed by atoms with Crippen LogP contribution in [-0.2, 0) is 4.79 Å². The second kappa shape index (κ2) is 5.01. The van der Waals surface area contributed by atoms with Gasteiger partial charge in [0.15, 0.2) is 5.78 Å². The van der Waals surface area contributed by atoms with Gasteiger partial charge in [0.2, 0.25) is 5.88 Å². The summed E-state index contributed by atoms with van der Waals surface area (Å²) in [6, 6.07) is 3.44. The molecule has 23 heavy (non-hydrogen) atoms. The van der Waals surface area contributed by atoms with Crippen molar-refractivity contribution in [3.8, 4) is 0 Å². The molecule has 1 aromatic heterocycles. The zero-order chi connectivity index (χ0) is 16.1. The molecule has 0 spiro atoms. The molecule has 0 saturated carbocycles. The zero-order valence-electron chi connectivity index (χ0n) is 12.5. The first kappa shape index (κ1) is 14.1. The maximum absolute atomic E-state index is 14.4. The highest BCUT2D eigenvalue weighted by Crippen LogP contribution is 2.47. The van der Waals surface area contributed by atoms with Crippen LogP contribution in [0, 0.1) is 18.6 Å². The number of fused-ring (bicyclic) bond motifs is 1. The van der Waals surface area contributed by atoms with Crippen LogP contribution in [0.3, 0.4) is 0 Å². The summed E-state index contributed by atoms with van der Waals surface area (Å²) < 4.78 is 33.0. The van der Waals surface area contributed by atoms with Crippen molar-refractivity contribution < 1.29 is 18.1 Å². The van der Waals surface area contributed by atoms with Crippen LogP contribution in [0.1, 0.15) is 42.0 Å². The number of ketones is 1. The number of halogens is 2. The summed E-state index contributed by atoms with van der Waals surface area (Å²) in [5.74, 6) is -1.51. The summed E-state index contributed by atoms with van der Waals surface area (Å²) in [5, 5.41) is 7.05. The van der Waals surface area contributed by atoms with Crippen molar-refractivity contribution >= 4 is 11.7 Å². The van der Waals surface area contributed by atoms with E-state index in [-0.39, 0.29) is 11.3 Å². The summed E-state index contributed by atoms with van der Waals surface area (Å²) in [7, 11) is 0. The second-order valence-electron chi connectivity index (χ2n) is 5.90. The Balaban J connectivity index is 1.98. The molecule has 1 aromatic carbocycles. The number of Topliss-reactive ketones (excluding diaryl/α,β-unsaturated/α-hetero) is 1. The lowest BCUT2D eigenvalue weighted by Crippen LogP contribution is -2.27. The standard InChI is InChI=1S/C17H14F2N2O2/c1-8-14-15(10-6-5-9(18)7-11(10)19)16-12(3-2-4-13(16)22)20-17(14)23-21-8/h5-7,15,20H,2-4H2,1H3. The summed E-state index contributed by atoms with van der Waals surface area (Å²) in [4.78, 5) is 12.5. The van der Waals surface area contributed by atoms with E-state index in [4.69, 9.17) is 4.52 Å². The highest BCUT2D eigenvalue weighted by molar-refractivity contribution is 6.00. The third-order valence-electron chi connectivity index (χ3n) is 4.48. The predicted octanol–water partition coefficient (Wildman–Crippen LogP) is 3.83. The van der Waals surface area contributed by atoms with E-state index >= 15 is 0 Å². The number of hydrogen-bond acceptors (Lipinski definition) is 4. The van der Waals surface area contributed by atoms with E-state index in [1.54, 1.807) is 6.92 Å². The van der Waals surface area contributed by atoms with Gasteiger partial charge >= 0.3 is 0 Å². The van der Waals surface area contributed by atoms with Crippen LogP contribution in [0.25, 0.3) is 0 Å². The number of anilines is 1. The molecule has 1 aliphatic carbocycles. The van der Waals surface area contributed by atoms with Gasteiger partial charge in [0, 0.05) is 35.2 Å². The highest BCUT2D eigenvalue weighted by Gasteiger charge is 2.39. The summed E-state index contributed by atoms with van der Waals surface area (Å²) >= 11 is 0. The van der Waals surface area contributed by atoms with E-state index in [1.165, 1.54) is 12.1 Å². The summed E-state index contributed by atoms with van der Waals surface area (Å²) in [6.07, 6.45) is 1.87. The molecular weight excluding hydrogens is 302 g/mol. The van der Waals surface area contributed by atoms with Gasteiger partial charge in [-0.15, -0.1) is 0 Å². The number of rotatable bonds is 1. The van der Waals surface area contributed by atoms with E-state index in [0.29, 0.717) is 35.6 Å². The largest absolute Gasteiger partial charge is 0.338 e. The number of allylic oxidation sites excluding steroid dienone is 2. The first-order valence-corrected chi connectivity index (χ1v) is 7.50. The van der Waals surface area contributed by atoms with Crippen LogP contribution >= 0.6 is 0 Å². The van der Waals surface area contributed by atoms with E-state index in [0.717, 1.165) is 18.2 Å². The van der Waals surface area contributed by atoms with Crippen molar-refractivity contribution in [2.24, 2.45) is 0 Å². The molecule has 2 aromatic rings. The first-order valence-electron chi connectivity index (χ1n) is 7.50. The quantitative estimate of drug-likeness (QED) is 0.869. The van der Waals surface area contributed by atoms with Gasteiger partial charge in [-0.2, -0.15) is 0 Å². The number of benzene rings is 1. The Morgan fingerprint density at radius 1 is 1.30 bits per heavy atom. The molecule has 1 aliphatic heterocycles. The van der Waals surface area contributed by atoms with Gasteiger partial charge in [0.05, 0.1) is 11.3 Å². The molecule has 0 bridgehead atoms. The Labute approximate surface area is 131 Å². The molecule has 0 amide bonds. The van der Waals surface area contributed by atoms with Gasteiger partial charge in [-0.25, -0.2) is 8.78 Å². The lowest BCUT2D eigenvalue weighted by Gasteiger charge is -2.31. The zero-order valence-corrected chi connectivity index (χ0v) is 12.5. The number of nitrogens with one attached hydrogen (secondary N) is 1. The molecule has 4 rings (SSSR count). The average molecular weight is 316 g/mol. The third kappa shape index (κ3) is 2.09. The maximum Gasteiger partial charge on any atom is 0.233 e. The van der Waals surface area contributed by atoms with Crippen LogP contribution in [-0.4, -0.2) is 10.9 Å². The van der Waals surface area contributed by atoms with Crippen LogP contribution in [0.2, 0.25) is 0 Å². The van der Waals surface area contributed by atoms with Gasteiger partial charge in [0.25, 0.3) is 0 Å². The SMILES string of the molecule is Cc1noc2c1C(c1ccc(F)cc1F)C1=C(CCCC1=O)N2. The molecule has 6 heteroatoms. The number of aryl methyl sites for hydroxylation is 1. The number of aromatic nitrogens is 1. The molecule has 2 heterocycles. The minimum Gasteiger partial charge on any atom is -0.338 e. The van der Waals surface area contributed by atoms with E-state index < -0.39 is 17.6 Å². The predicted molar refractivity (Wildman–Crippen MR) is 78.9 cm³/mol. The van der Waals surface area contributed by atoms with Gasteiger partial charge < -0.3 is 9.84 Å². The molecular formula is C17H14F2N2O2. The van der Waals surface area contributed by atoms with Gasteiger partial charge in [-0.05, 0) is 25.8 Å². The Morgan fingerprint density at radius 3 is 2.91 bits per heavy atom. The minimum atomic E-state index is -0.673. The lowest BCUT2D eigenvalue weighted by atomic mass is 9.76. The Kier molecular flexibility index (Phi) is 3.07.